The van der Waals surface area contributed by atoms with Gasteiger partial charge >= 0.3 is 0 Å². The van der Waals surface area contributed by atoms with Gasteiger partial charge in [0.15, 0.2) is 0 Å². The lowest BCUT2D eigenvalue weighted by molar-refractivity contribution is 0.245. The summed E-state index contributed by atoms with van der Waals surface area (Å²) >= 11 is 1.75. The Kier molecular flexibility index (Phi) is 5.91. The number of rotatable bonds is 7. The lowest BCUT2D eigenvalue weighted by Gasteiger charge is -2.26. The third-order valence-corrected chi connectivity index (χ3v) is 3.50. The lowest BCUT2D eigenvalue weighted by Crippen LogP contribution is -2.31. The summed E-state index contributed by atoms with van der Waals surface area (Å²) in [6, 6.07) is 2.58. The number of hydrogen-bond acceptors (Lipinski definition) is 3. The van der Waals surface area contributed by atoms with E-state index in [-0.39, 0.29) is 0 Å². The molecule has 0 aliphatic carbocycles. The van der Waals surface area contributed by atoms with Gasteiger partial charge in [0.05, 0.1) is 0 Å². The summed E-state index contributed by atoms with van der Waals surface area (Å²) in [6.45, 7) is 4.09. The van der Waals surface area contributed by atoms with E-state index in [1.54, 1.807) is 11.3 Å². The van der Waals surface area contributed by atoms with E-state index in [2.05, 4.69) is 35.7 Å². The molecule has 0 aliphatic rings. The fourth-order valence-electron chi connectivity index (χ4n) is 1.80. The second-order valence-corrected chi connectivity index (χ2v) is 4.78. The number of unbranched alkanes of at least 4 members (excludes halogenated alkanes) is 2. The molecule has 1 atom stereocenters. The van der Waals surface area contributed by atoms with Gasteiger partial charge in [-0.15, -0.1) is 0 Å². The van der Waals surface area contributed by atoms with E-state index in [0.717, 1.165) is 6.54 Å². The molecule has 0 saturated heterocycles. The van der Waals surface area contributed by atoms with Crippen molar-refractivity contribution >= 4 is 11.3 Å². The summed E-state index contributed by atoms with van der Waals surface area (Å²) in [5, 5.41) is 4.33. The van der Waals surface area contributed by atoms with Gasteiger partial charge in [-0.2, -0.15) is 11.3 Å². The molecule has 1 heterocycles. The van der Waals surface area contributed by atoms with Crippen LogP contribution in [0.4, 0.5) is 0 Å². The van der Waals surface area contributed by atoms with Gasteiger partial charge in [0.2, 0.25) is 0 Å². The molecule has 0 amide bonds. The topological polar surface area (TPSA) is 29.3 Å². The summed E-state index contributed by atoms with van der Waals surface area (Å²) < 4.78 is 0. The molecule has 1 rings (SSSR count). The Morgan fingerprint density at radius 1 is 1.47 bits per heavy atom. The molecule has 0 bridgehead atoms. The van der Waals surface area contributed by atoms with E-state index in [9.17, 15) is 0 Å². The molecule has 15 heavy (non-hydrogen) atoms. The predicted molar refractivity (Wildman–Crippen MR) is 68.3 cm³/mol. The average molecular weight is 226 g/mol. The van der Waals surface area contributed by atoms with Crippen LogP contribution in [0.15, 0.2) is 16.8 Å². The number of hydrogen-bond donors (Lipinski definition) is 1. The van der Waals surface area contributed by atoms with E-state index in [1.165, 1.54) is 24.8 Å². The van der Waals surface area contributed by atoms with Gasteiger partial charge in [0.1, 0.15) is 0 Å². The van der Waals surface area contributed by atoms with Gasteiger partial charge < -0.3 is 5.73 Å². The van der Waals surface area contributed by atoms with Crippen molar-refractivity contribution in [3.05, 3.63) is 22.4 Å². The van der Waals surface area contributed by atoms with Crippen molar-refractivity contribution in [3.8, 4) is 0 Å². The van der Waals surface area contributed by atoms with Crippen molar-refractivity contribution in [2.24, 2.45) is 5.73 Å². The van der Waals surface area contributed by atoms with Crippen LogP contribution in [0.5, 0.6) is 0 Å². The maximum Gasteiger partial charge on any atom is 0.0475 e. The van der Waals surface area contributed by atoms with Crippen LogP contribution in [0, 0.1) is 0 Å². The molecule has 1 aromatic rings. The molecule has 0 aliphatic heterocycles. The number of nitrogens with two attached hydrogens (primary N) is 1. The summed E-state index contributed by atoms with van der Waals surface area (Å²) in [6.07, 6.45) is 3.86. The van der Waals surface area contributed by atoms with Crippen molar-refractivity contribution in [2.45, 2.75) is 32.2 Å². The molecular formula is C12H22N2S. The number of likely N-dealkylation sites (N-methyl/N-ethyl adjacent to an activating group) is 1. The van der Waals surface area contributed by atoms with Gasteiger partial charge in [-0.05, 0) is 42.4 Å². The molecule has 1 unspecified atom stereocenters. The normalized spacial score (nSPS) is 13.3. The minimum Gasteiger partial charge on any atom is -0.329 e. The van der Waals surface area contributed by atoms with Crippen molar-refractivity contribution in [1.29, 1.82) is 0 Å². The van der Waals surface area contributed by atoms with E-state index < -0.39 is 0 Å². The predicted octanol–water partition coefficient (Wildman–Crippen LogP) is 2.87. The average Bonchev–Trinajstić information content (AvgIpc) is 2.73. The molecule has 1 aromatic heterocycles. The molecule has 2 nitrogen and oxygen atoms in total. The minimum atomic E-state index is 0.396. The number of nitrogens with zero attached hydrogens (tertiary/aromatic N) is 1. The standard InChI is InChI=1S/C12H22N2S/c1-3-4-5-7-14(2)12(9-13)11-6-8-15-10-11/h6,8,10,12H,3-5,7,9,13H2,1-2H3. The molecule has 0 spiro atoms. The smallest absolute Gasteiger partial charge is 0.0475 e. The van der Waals surface area contributed by atoms with Crippen molar-refractivity contribution in [2.75, 3.05) is 20.1 Å². The third kappa shape index (κ3) is 3.93. The zero-order chi connectivity index (χ0) is 11.1. The Labute approximate surface area is 97.1 Å². The van der Waals surface area contributed by atoms with Crippen LogP contribution < -0.4 is 5.73 Å². The Morgan fingerprint density at radius 2 is 2.27 bits per heavy atom. The molecule has 86 valence electrons. The summed E-state index contributed by atoms with van der Waals surface area (Å²) in [7, 11) is 2.17. The van der Waals surface area contributed by atoms with E-state index in [4.69, 9.17) is 5.73 Å². The summed E-state index contributed by atoms with van der Waals surface area (Å²) in [5.41, 5.74) is 7.19. The van der Waals surface area contributed by atoms with Crippen LogP contribution in [0.2, 0.25) is 0 Å². The van der Waals surface area contributed by atoms with Gasteiger partial charge in [-0.3, -0.25) is 4.90 Å². The van der Waals surface area contributed by atoms with Gasteiger partial charge in [0, 0.05) is 12.6 Å². The highest BCUT2D eigenvalue weighted by Crippen LogP contribution is 2.21. The fraction of sp³-hybridized carbons (Fsp3) is 0.667. The zero-order valence-electron chi connectivity index (χ0n) is 9.78. The van der Waals surface area contributed by atoms with Gasteiger partial charge in [-0.1, -0.05) is 19.8 Å². The Hall–Kier alpha value is -0.380. The highest BCUT2D eigenvalue weighted by Gasteiger charge is 2.14. The molecule has 0 aromatic carbocycles. The van der Waals surface area contributed by atoms with Crippen LogP contribution >= 0.6 is 11.3 Å². The zero-order valence-corrected chi connectivity index (χ0v) is 10.6. The first-order valence-corrected chi connectivity index (χ1v) is 6.66. The van der Waals surface area contributed by atoms with Crippen molar-refractivity contribution < 1.29 is 0 Å². The van der Waals surface area contributed by atoms with E-state index >= 15 is 0 Å². The first-order chi connectivity index (χ1) is 7.29. The van der Waals surface area contributed by atoms with Crippen LogP contribution in [0.25, 0.3) is 0 Å². The molecule has 0 fully saturated rings. The van der Waals surface area contributed by atoms with Crippen LogP contribution in [-0.2, 0) is 0 Å². The van der Waals surface area contributed by atoms with Crippen LogP contribution in [0.3, 0.4) is 0 Å². The lowest BCUT2D eigenvalue weighted by atomic mass is 10.1. The summed E-state index contributed by atoms with van der Waals surface area (Å²) in [5.74, 6) is 0. The maximum atomic E-state index is 5.83. The Morgan fingerprint density at radius 3 is 2.80 bits per heavy atom. The van der Waals surface area contributed by atoms with Crippen molar-refractivity contribution in [3.63, 3.8) is 0 Å². The third-order valence-electron chi connectivity index (χ3n) is 2.80. The first-order valence-electron chi connectivity index (χ1n) is 5.72. The fourth-order valence-corrected chi connectivity index (χ4v) is 2.51. The van der Waals surface area contributed by atoms with Crippen LogP contribution in [-0.4, -0.2) is 25.0 Å². The Balaban J connectivity index is 2.44. The SMILES string of the molecule is CCCCCN(C)C(CN)c1ccsc1. The largest absolute Gasteiger partial charge is 0.329 e. The van der Waals surface area contributed by atoms with E-state index in [0.29, 0.717) is 12.6 Å². The minimum absolute atomic E-state index is 0.396. The van der Waals surface area contributed by atoms with Crippen molar-refractivity contribution in [1.82, 2.24) is 4.90 Å². The molecule has 0 radical (unpaired) electrons. The second-order valence-electron chi connectivity index (χ2n) is 4.00. The monoisotopic (exact) mass is 226 g/mol. The quantitative estimate of drug-likeness (QED) is 0.724. The maximum absolute atomic E-state index is 5.83. The molecule has 0 saturated carbocycles. The Bertz CT molecular complexity index is 246. The van der Waals surface area contributed by atoms with Gasteiger partial charge in [0.25, 0.3) is 0 Å². The van der Waals surface area contributed by atoms with Gasteiger partial charge in [-0.25, -0.2) is 0 Å². The molecule has 2 N–H and O–H groups in total. The molecule has 3 heteroatoms. The molecular weight excluding hydrogens is 204 g/mol. The van der Waals surface area contributed by atoms with Crippen LogP contribution in [0.1, 0.15) is 37.8 Å². The first kappa shape index (κ1) is 12.7. The number of thiophene rings is 1. The highest BCUT2D eigenvalue weighted by atomic mass is 32.1. The summed E-state index contributed by atoms with van der Waals surface area (Å²) in [4.78, 5) is 2.37. The highest BCUT2D eigenvalue weighted by molar-refractivity contribution is 7.07. The van der Waals surface area contributed by atoms with E-state index in [1.807, 2.05) is 0 Å². The second kappa shape index (κ2) is 6.99.